The third kappa shape index (κ3) is 4.07. The summed E-state index contributed by atoms with van der Waals surface area (Å²) in [6, 6.07) is 7.28. The molecule has 0 bridgehead atoms. The maximum Gasteiger partial charge on any atom is 0.253 e. The lowest BCUT2D eigenvalue weighted by molar-refractivity contribution is -0.131. The van der Waals surface area contributed by atoms with Crippen molar-refractivity contribution in [1.29, 1.82) is 0 Å². The molecule has 122 valence electrons. The Kier molecular flexibility index (Phi) is 6.56. The van der Waals surface area contributed by atoms with Gasteiger partial charge < -0.3 is 16.0 Å². The zero-order valence-electron chi connectivity index (χ0n) is 14.0. The Bertz CT molecular complexity index is 497. The third-order valence-electron chi connectivity index (χ3n) is 4.29. The van der Waals surface area contributed by atoms with Crippen molar-refractivity contribution in [2.45, 2.75) is 33.2 Å². The number of amides is 2. The summed E-state index contributed by atoms with van der Waals surface area (Å²) in [5.41, 5.74) is 6.89. The van der Waals surface area contributed by atoms with Crippen molar-refractivity contribution in [3.63, 3.8) is 0 Å². The van der Waals surface area contributed by atoms with Gasteiger partial charge in [0, 0.05) is 32.7 Å². The highest BCUT2D eigenvalue weighted by Gasteiger charge is 2.32. The summed E-state index contributed by atoms with van der Waals surface area (Å²) < 4.78 is 0. The van der Waals surface area contributed by atoms with E-state index in [-0.39, 0.29) is 11.8 Å². The van der Waals surface area contributed by atoms with Crippen molar-refractivity contribution in [2.24, 2.45) is 11.1 Å². The van der Waals surface area contributed by atoms with E-state index in [1.165, 1.54) is 4.90 Å². The molecule has 0 spiro atoms. The Morgan fingerprint density at radius 2 is 1.68 bits per heavy atom. The van der Waals surface area contributed by atoms with Crippen LogP contribution >= 0.6 is 0 Å². The number of nitrogens with zero attached hydrogens (tertiary/aromatic N) is 1. The van der Waals surface area contributed by atoms with Crippen LogP contribution in [0.5, 0.6) is 0 Å². The second-order valence-electron chi connectivity index (χ2n) is 5.77. The molecule has 5 heteroatoms. The topological polar surface area (TPSA) is 75.4 Å². The summed E-state index contributed by atoms with van der Waals surface area (Å²) in [4.78, 5) is 25.7. The molecule has 22 heavy (non-hydrogen) atoms. The van der Waals surface area contributed by atoms with Crippen molar-refractivity contribution < 1.29 is 9.59 Å². The van der Waals surface area contributed by atoms with Gasteiger partial charge >= 0.3 is 0 Å². The maximum absolute atomic E-state index is 12.3. The molecule has 3 N–H and O–H groups in total. The first-order chi connectivity index (χ1) is 10.4. The van der Waals surface area contributed by atoms with Crippen molar-refractivity contribution in [3.8, 4) is 0 Å². The number of hydrogen-bond acceptors (Lipinski definition) is 3. The summed E-state index contributed by atoms with van der Waals surface area (Å²) >= 11 is 0. The van der Waals surface area contributed by atoms with Crippen LogP contribution in [0, 0.1) is 5.41 Å². The monoisotopic (exact) mass is 305 g/mol. The van der Waals surface area contributed by atoms with Crippen molar-refractivity contribution >= 4 is 11.8 Å². The van der Waals surface area contributed by atoms with E-state index >= 15 is 0 Å². The van der Waals surface area contributed by atoms with Gasteiger partial charge in [0.15, 0.2) is 0 Å². The van der Waals surface area contributed by atoms with E-state index in [2.05, 4.69) is 5.32 Å². The molecule has 0 radical (unpaired) electrons. The van der Waals surface area contributed by atoms with E-state index in [0.717, 1.165) is 18.4 Å². The van der Waals surface area contributed by atoms with E-state index in [4.69, 9.17) is 5.73 Å². The lowest BCUT2D eigenvalue weighted by atomic mass is 9.81. The molecular weight excluding hydrogens is 278 g/mol. The van der Waals surface area contributed by atoms with Gasteiger partial charge in [0.2, 0.25) is 5.91 Å². The Hall–Kier alpha value is -1.88. The minimum Gasteiger partial charge on any atom is -0.352 e. The van der Waals surface area contributed by atoms with Crippen LogP contribution in [0.15, 0.2) is 24.3 Å². The SMILES string of the molecule is CCC(CC)(CN)C(=O)NCc1ccc(C(=O)N(C)C)cc1. The molecule has 0 heterocycles. The zero-order valence-corrected chi connectivity index (χ0v) is 14.0. The Labute approximate surface area is 132 Å². The standard InChI is InChI=1S/C17H27N3O2/c1-5-17(6-2,12-18)16(22)19-11-13-7-9-14(10-8-13)15(21)20(3)4/h7-10H,5-6,11-12,18H2,1-4H3,(H,19,22). The summed E-state index contributed by atoms with van der Waals surface area (Å²) in [5.74, 6) is -0.0388. The molecule has 0 aliphatic carbocycles. The average molecular weight is 305 g/mol. The first kappa shape index (κ1) is 18.2. The molecule has 2 amide bonds. The number of benzene rings is 1. The number of carbonyl (C=O) groups excluding carboxylic acids is 2. The number of nitrogens with one attached hydrogen (secondary N) is 1. The first-order valence-corrected chi connectivity index (χ1v) is 7.69. The third-order valence-corrected chi connectivity index (χ3v) is 4.29. The van der Waals surface area contributed by atoms with Crippen molar-refractivity contribution in [3.05, 3.63) is 35.4 Å². The molecule has 0 aliphatic rings. The van der Waals surface area contributed by atoms with Crippen LogP contribution in [0.25, 0.3) is 0 Å². The predicted octanol–water partition coefficient (Wildman–Crippen LogP) is 1.77. The molecular formula is C17H27N3O2. The van der Waals surface area contributed by atoms with Crippen molar-refractivity contribution in [2.75, 3.05) is 20.6 Å². The molecule has 1 aromatic rings. The molecule has 5 nitrogen and oxygen atoms in total. The molecule has 0 aliphatic heterocycles. The van der Waals surface area contributed by atoms with E-state index in [9.17, 15) is 9.59 Å². The van der Waals surface area contributed by atoms with Crippen LogP contribution < -0.4 is 11.1 Å². The van der Waals surface area contributed by atoms with Gasteiger partial charge in [-0.3, -0.25) is 9.59 Å². The van der Waals surface area contributed by atoms with E-state index in [1.807, 2.05) is 26.0 Å². The van der Waals surface area contributed by atoms with Crippen molar-refractivity contribution in [1.82, 2.24) is 10.2 Å². The van der Waals surface area contributed by atoms with Crippen LogP contribution in [0.2, 0.25) is 0 Å². The smallest absolute Gasteiger partial charge is 0.253 e. The van der Waals surface area contributed by atoms with Gasteiger partial charge in [0.05, 0.1) is 5.41 Å². The Balaban J connectivity index is 2.69. The minimum atomic E-state index is -0.485. The maximum atomic E-state index is 12.3. The zero-order chi connectivity index (χ0) is 16.8. The fraction of sp³-hybridized carbons (Fsp3) is 0.529. The predicted molar refractivity (Wildman–Crippen MR) is 88.4 cm³/mol. The molecule has 0 unspecified atom stereocenters. The highest BCUT2D eigenvalue weighted by atomic mass is 16.2. The number of nitrogens with two attached hydrogens (primary N) is 1. The molecule has 1 rings (SSSR count). The minimum absolute atomic E-state index is 0.00607. The van der Waals surface area contributed by atoms with Crippen LogP contribution in [0.4, 0.5) is 0 Å². The second kappa shape index (κ2) is 7.94. The van der Waals surface area contributed by atoms with Gasteiger partial charge in [-0.15, -0.1) is 0 Å². The van der Waals surface area contributed by atoms with E-state index in [1.54, 1.807) is 26.2 Å². The van der Waals surface area contributed by atoms with Gasteiger partial charge in [0.25, 0.3) is 5.91 Å². The fourth-order valence-corrected chi connectivity index (χ4v) is 2.35. The molecule has 0 aromatic heterocycles. The molecule has 0 saturated heterocycles. The van der Waals surface area contributed by atoms with E-state index < -0.39 is 5.41 Å². The van der Waals surface area contributed by atoms with Gasteiger partial charge in [-0.2, -0.15) is 0 Å². The Morgan fingerprint density at radius 3 is 2.09 bits per heavy atom. The molecule has 1 aromatic carbocycles. The van der Waals surface area contributed by atoms with Crippen LogP contribution in [0.3, 0.4) is 0 Å². The second-order valence-corrected chi connectivity index (χ2v) is 5.77. The molecule has 0 saturated carbocycles. The largest absolute Gasteiger partial charge is 0.352 e. The summed E-state index contributed by atoms with van der Waals surface area (Å²) in [6.45, 7) is 4.76. The lowest BCUT2D eigenvalue weighted by Gasteiger charge is -2.28. The molecule has 0 atom stereocenters. The van der Waals surface area contributed by atoms with Gasteiger partial charge in [-0.25, -0.2) is 0 Å². The highest BCUT2D eigenvalue weighted by molar-refractivity contribution is 5.93. The number of hydrogen-bond donors (Lipinski definition) is 2. The quantitative estimate of drug-likeness (QED) is 0.806. The van der Waals surface area contributed by atoms with E-state index in [0.29, 0.717) is 18.7 Å². The molecule has 0 fully saturated rings. The van der Waals surface area contributed by atoms with Gasteiger partial charge in [-0.05, 0) is 30.5 Å². The normalized spacial score (nSPS) is 11.1. The van der Waals surface area contributed by atoms with Crippen LogP contribution in [-0.4, -0.2) is 37.4 Å². The van der Waals surface area contributed by atoms with Gasteiger partial charge in [0.1, 0.15) is 0 Å². The summed E-state index contributed by atoms with van der Waals surface area (Å²) in [7, 11) is 3.44. The highest BCUT2D eigenvalue weighted by Crippen LogP contribution is 2.25. The van der Waals surface area contributed by atoms with Gasteiger partial charge in [-0.1, -0.05) is 26.0 Å². The Morgan fingerprint density at radius 1 is 1.14 bits per heavy atom. The summed E-state index contributed by atoms with van der Waals surface area (Å²) in [6.07, 6.45) is 1.45. The number of carbonyl (C=O) groups is 2. The fourth-order valence-electron chi connectivity index (χ4n) is 2.35. The van der Waals surface area contributed by atoms with Crippen LogP contribution in [-0.2, 0) is 11.3 Å². The number of rotatable bonds is 7. The van der Waals surface area contributed by atoms with Crippen LogP contribution in [0.1, 0.15) is 42.6 Å². The first-order valence-electron chi connectivity index (χ1n) is 7.69. The summed E-state index contributed by atoms with van der Waals surface area (Å²) in [5, 5.41) is 2.95. The lowest BCUT2D eigenvalue weighted by Crippen LogP contribution is -2.45. The average Bonchev–Trinajstić information content (AvgIpc) is 2.54.